The van der Waals surface area contributed by atoms with Gasteiger partial charge in [-0.2, -0.15) is 0 Å². The molecule has 54 heavy (non-hydrogen) atoms. The molecule has 1 amide bonds. The molecule has 0 spiro atoms. The molecule has 0 aromatic heterocycles. The van der Waals surface area contributed by atoms with Gasteiger partial charge >= 0.3 is 0 Å². The van der Waals surface area contributed by atoms with Gasteiger partial charge < -0.3 is 31.2 Å². The molecular weight excluding hydrogens is 676 g/mol. The molecule has 8 heteroatoms. The second-order valence-electron chi connectivity index (χ2n) is 19.0. The average Bonchev–Trinajstić information content (AvgIpc) is 3.93. The quantitative estimate of drug-likeness (QED) is 0.161. The molecule has 4 unspecified atom stereocenters. The Labute approximate surface area is 333 Å². The number of hydrogen-bond acceptors (Lipinski definition) is 6. The van der Waals surface area contributed by atoms with Crippen LogP contribution in [0.5, 0.6) is 0 Å². The number of likely N-dealkylation sites (N-methyl/N-ethyl adjacent to an activating group) is 1. The predicted octanol–water partition coefficient (Wildman–Crippen LogP) is 10.3. The minimum atomic E-state index is -0.402. The van der Waals surface area contributed by atoms with Gasteiger partial charge in [0, 0.05) is 19.5 Å². The van der Waals surface area contributed by atoms with Crippen molar-refractivity contribution in [2.75, 3.05) is 26.8 Å². The summed E-state index contributed by atoms with van der Waals surface area (Å²) < 4.78 is 24.7. The van der Waals surface area contributed by atoms with Gasteiger partial charge in [-0.05, 0) is 123 Å². The fourth-order valence-corrected chi connectivity index (χ4v) is 8.89. The Balaban J connectivity index is 0.00000106. The van der Waals surface area contributed by atoms with Crippen LogP contribution in [0.25, 0.3) is 0 Å². The van der Waals surface area contributed by atoms with Crippen LogP contribution >= 0.6 is 0 Å². The maximum absolute atomic E-state index is 13.3. The molecule has 0 aromatic carbocycles. The van der Waals surface area contributed by atoms with E-state index in [1.807, 2.05) is 53.5 Å². The van der Waals surface area contributed by atoms with E-state index in [4.69, 9.17) is 20.9 Å². The van der Waals surface area contributed by atoms with Crippen LogP contribution in [0.4, 0.5) is 4.39 Å². The Morgan fingerprint density at radius 1 is 1.11 bits per heavy atom. The third-order valence-electron chi connectivity index (χ3n) is 12.5. The van der Waals surface area contributed by atoms with Gasteiger partial charge in [-0.15, -0.1) is 0 Å². The van der Waals surface area contributed by atoms with Crippen LogP contribution in [0.3, 0.4) is 0 Å². The van der Waals surface area contributed by atoms with Crippen LogP contribution in [0, 0.1) is 52.3 Å². The Bertz CT molecular complexity index is 1120. The van der Waals surface area contributed by atoms with Crippen molar-refractivity contribution in [2.24, 2.45) is 63.7 Å². The fraction of sp³-hybridized carbons (Fsp3) is 0.891. The number of ether oxygens (including phenoxy) is 2. The predicted molar refractivity (Wildman–Crippen MR) is 229 cm³/mol. The highest BCUT2D eigenvalue weighted by molar-refractivity contribution is 5.77. The number of nitrogens with zero attached hydrogens (tertiary/aromatic N) is 1. The molecule has 11 atom stereocenters. The number of hydrogen-bond donors (Lipinski definition) is 3. The van der Waals surface area contributed by atoms with Gasteiger partial charge in [0.25, 0.3) is 0 Å². The number of rotatable bonds is 13. The number of nitrogens with one attached hydrogen (secondary N) is 1. The van der Waals surface area contributed by atoms with Crippen LogP contribution in [-0.2, 0) is 14.3 Å². The lowest BCUT2D eigenvalue weighted by Gasteiger charge is -2.53. The molecule has 0 aromatic rings. The maximum atomic E-state index is 13.3. The molecule has 3 saturated carbocycles. The zero-order valence-electron chi connectivity index (χ0n) is 37.9. The van der Waals surface area contributed by atoms with Gasteiger partial charge in [-0.1, -0.05) is 102 Å². The van der Waals surface area contributed by atoms with E-state index in [0.29, 0.717) is 48.3 Å². The summed E-state index contributed by atoms with van der Waals surface area (Å²) in [4.78, 5) is 15.3. The van der Waals surface area contributed by atoms with E-state index in [9.17, 15) is 9.18 Å². The minimum absolute atomic E-state index is 0.00460. The van der Waals surface area contributed by atoms with Crippen molar-refractivity contribution < 1.29 is 18.7 Å². The lowest BCUT2D eigenvalue weighted by molar-refractivity contribution is -0.207. The Morgan fingerprint density at radius 3 is 2.24 bits per heavy atom. The van der Waals surface area contributed by atoms with Crippen LogP contribution in [0.1, 0.15) is 155 Å². The first-order valence-corrected chi connectivity index (χ1v) is 22.0. The average molecular weight is 765 g/mol. The number of carbonyl (C=O) groups is 1. The second kappa shape index (κ2) is 23.7. The standard InChI is InChI=1S/C35H64N4O3.C7H13F.2C2H6/c1-21-16-22(2)31(42-33-28(36)13-12-26(41-33)20-38-19-24-10-11-24)23(3)27(21)17-25-14-15-35(7,8)32(30(25)37)39(9)29(40)18-34(4,5)6;1-6(2)7(3)4-5-8;2*1-2/h12,21-25,27-28,30-33,38H,10-11,13-20,36-37H2,1-9H3;7H,1,4-5H2,2-3H3;2*1-2H3/t21?,22-,23?,25?,27-,28+,30?,31+,32+,33+;7-;;/m00../s1. The molecule has 0 radical (unpaired) electrons. The van der Waals surface area contributed by atoms with Crippen LogP contribution < -0.4 is 16.8 Å². The summed E-state index contributed by atoms with van der Waals surface area (Å²) in [6.07, 6.45) is 10.9. The van der Waals surface area contributed by atoms with Crippen molar-refractivity contribution in [3.8, 4) is 0 Å². The summed E-state index contributed by atoms with van der Waals surface area (Å²) in [6, 6.07) is -0.143. The Hall–Kier alpha value is -1.48. The second-order valence-corrected chi connectivity index (χ2v) is 19.0. The van der Waals surface area contributed by atoms with Crippen LogP contribution in [0.15, 0.2) is 24.0 Å². The monoisotopic (exact) mass is 765 g/mol. The summed E-state index contributed by atoms with van der Waals surface area (Å²) in [5.41, 5.74) is 14.7. The van der Waals surface area contributed by atoms with Crippen molar-refractivity contribution in [1.82, 2.24) is 10.2 Å². The van der Waals surface area contributed by atoms with Gasteiger partial charge in [0.15, 0.2) is 0 Å². The summed E-state index contributed by atoms with van der Waals surface area (Å²) in [7, 11) is 1.98. The highest BCUT2D eigenvalue weighted by Gasteiger charge is 2.49. The molecule has 3 fully saturated rings. The van der Waals surface area contributed by atoms with Crippen molar-refractivity contribution in [2.45, 2.75) is 185 Å². The van der Waals surface area contributed by atoms with E-state index < -0.39 is 6.29 Å². The van der Waals surface area contributed by atoms with Gasteiger partial charge in [-0.25, -0.2) is 0 Å². The van der Waals surface area contributed by atoms with Gasteiger partial charge in [-0.3, -0.25) is 9.18 Å². The minimum Gasteiger partial charge on any atom is -0.467 e. The molecule has 0 saturated heterocycles. The van der Waals surface area contributed by atoms with Crippen LogP contribution in [0.2, 0.25) is 0 Å². The van der Waals surface area contributed by atoms with E-state index in [0.717, 1.165) is 62.4 Å². The number of allylic oxidation sites excluding steroid dienone is 1. The molecule has 4 rings (SSSR count). The lowest BCUT2D eigenvalue weighted by atomic mass is 9.60. The molecule has 0 bridgehead atoms. The largest absolute Gasteiger partial charge is 0.467 e. The number of alkyl halides is 1. The van der Waals surface area contributed by atoms with Crippen molar-refractivity contribution in [3.05, 3.63) is 24.0 Å². The SMILES string of the molecule is C=C(C)[C@@H](C)CCF.CC.CC.CC1C[C@H](C)[C@@H](O[C@H]2OC(CNCC3CC3)=CC[C@H]2N)C(C)[C@H]1CC1CCC(C)(C)[C@H](N(C)C(=O)CC(C)(C)C)C1N. The first-order chi connectivity index (χ1) is 25.2. The van der Waals surface area contributed by atoms with E-state index in [1.165, 1.54) is 12.8 Å². The van der Waals surface area contributed by atoms with Crippen molar-refractivity contribution >= 4 is 5.91 Å². The summed E-state index contributed by atoms with van der Waals surface area (Å²) >= 11 is 0. The highest BCUT2D eigenvalue weighted by Crippen LogP contribution is 2.48. The molecule has 3 aliphatic carbocycles. The molecule has 1 aliphatic heterocycles. The zero-order chi connectivity index (χ0) is 41.6. The van der Waals surface area contributed by atoms with Gasteiger partial charge in [0.05, 0.1) is 31.4 Å². The number of carbonyl (C=O) groups excluding carboxylic acids is 1. The van der Waals surface area contributed by atoms with E-state index in [2.05, 4.69) is 73.4 Å². The maximum Gasteiger partial charge on any atom is 0.223 e. The van der Waals surface area contributed by atoms with E-state index in [1.54, 1.807) is 0 Å². The topological polar surface area (TPSA) is 103 Å². The first-order valence-electron chi connectivity index (χ1n) is 22.0. The Morgan fingerprint density at radius 2 is 1.72 bits per heavy atom. The molecule has 1 heterocycles. The Kier molecular flexibility index (Phi) is 22.2. The fourth-order valence-electron chi connectivity index (χ4n) is 8.89. The number of halogens is 1. The smallest absolute Gasteiger partial charge is 0.223 e. The van der Waals surface area contributed by atoms with Crippen molar-refractivity contribution in [3.63, 3.8) is 0 Å². The molecule has 4 aliphatic rings. The third kappa shape index (κ3) is 15.8. The van der Waals surface area contributed by atoms with Gasteiger partial charge in [0.1, 0.15) is 5.76 Å². The molecule has 7 nitrogen and oxygen atoms in total. The van der Waals surface area contributed by atoms with Gasteiger partial charge in [0.2, 0.25) is 12.2 Å². The third-order valence-corrected chi connectivity index (χ3v) is 12.5. The molecule has 5 N–H and O–H groups in total. The first kappa shape index (κ1) is 50.5. The lowest BCUT2D eigenvalue weighted by Crippen LogP contribution is -2.62. The van der Waals surface area contributed by atoms with E-state index >= 15 is 0 Å². The summed E-state index contributed by atoms with van der Waals surface area (Å²) in [6.45, 7) is 35.3. The summed E-state index contributed by atoms with van der Waals surface area (Å²) in [5, 5.41) is 3.55. The highest BCUT2D eigenvalue weighted by atomic mass is 19.1. The number of amides is 1. The summed E-state index contributed by atoms with van der Waals surface area (Å²) in [5.74, 6) is 4.67. The van der Waals surface area contributed by atoms with Crippen molar-refractivity contribution in [1.29, 1.82) is 0 Å². The number of nitrogens with two attached hydrogens (primary N) is 2. The molecular formula is C46H89FN4O3. The molecule has 318 valence electrons. The normalized spacial score (nSPS) is 32.4. The zero-order valence-corrected chi connectivity index (χ0v) is 37.9. The van der Waals surface area contributed by atoms with Crippen LogP contribution in [-0.4, -0.2) is 68.1 Å². The van der Waals surface area contributed by atoms with E-state index in [-0.39, 0.29) is 47.6 Å².